The third-order valence-corrected chi connectivity index (χ3v) is 2.38. The summed E-state index contributed by atoms with van der Waals surface area (Å²) >= 11 is 0. The van der Waals surface area contributed by atoms with Crippen molar-refractivity contribution in [1.29, 1.82) is 0 Å². The van der Waals surface area contributed by atoms with E-state index in [1.165, 1.54) is 0 Å². The first-order valence-electron chi connectivity index (χ1n) is 6.42. The molecule has 1 N–H and O–H groups in total. The zero-order valence-corrected chi connectivity index (χ0v) is 12.0. The van der Waals surface area contributed by atoms with E-state index in [-0.39, 0.29) is 6.61 Å². The normalized spacial score (nSPS) is 12.7. The van der Waals surface area contributed by atoms with Gasteiger partial charge in [0.25, 0.3) is 0 Å². The Kier molecular flexibility index (Phi) is 7.39. The number of ether oxygens (including phenoxy) is 2. The number of esters is 1. The van der Waals surface area contributed by atoms with Gasteiger partial charge in [-0.2, -0.15) is 0 Å². The first-order chi connectivity index (χ1) is 8.32. The Hall–Kier alpha value is -1.26. The highest BCUT2D eigenvalue weighted by Gasteiger charge is 2.34. The fraction of sp³-hybridized carbons (Fsp3) is 0.846. The Labute approximate surface area is 109 Å². The zero-order valence-electron chi connectivity index (χ0n) is 12.0. The van der Waals surface area contributed by atoms with Crippen molar-refractivity contribution >= 4 is 12.1 Å². The lowest BCUT2D eigenvalue weighted by Crippen LogP contribution is -2.50. The van der Waals surface area contributed by atoms with Crippen molar-refractivity contribution < 1.29 is 19.1 Å². The summed E-state index contributed by atoms with van der Waals surface area (Å²) in [5.74, 6) is -0.433. The van der Waals surface area contributed by atoms with Gasteiger partial charge < -0.3 is 14.8 Å². The molecule has 1 unspecified atom stereocenters. The van der Waals surface area contributed by atoms with Crippen molar-refractivity contribution in [2.75, 3.05) is 13.2 Å². The molecule has 5 heteroatoms. The Balaban J connectivity index is 4.42. The summed E-state index contributed by atoms with van der Waals surface area (Å²) in [6.45, 7) is 9.98. The second kappa shape index (κ2) is 7.95. The predicted octanol–water partition coefficient (Wildman–Crippen LogP) is 2.49. The quantitative estimate of drug-likeness (QED) is 0.588. The first-order valence-corrected chi connectivity index (χ1v) is 6.42. The molecule has 106 valence electrons. The van der Waals surface area contributed by atoms with Crippen LogP contribution in [0.2, 0.25) is 0 Å². The fourth-order valence-corrected chi connectivity index (χ4v) is 1.32. The van der Waals surface area contributed by atoms with Gasteiger partial charge in [0.05, 0.1) is 13.2 Å². The van der Waals surface area contributed by atoms with Crippen LogP contribution in [0.15, 0.2) is 0 Å². The summed E-state index contributed by atoms with van der Waals surface area (Å²) in [6.07, 6.45) is 1.19. The van der Waals surface area contributed by atoms with Crippen LogP contribution in [-0.2, 0) is 14.3 Å². The van der Waals surface area contributed by atoms with Gasteiger partial charge in [-0.15, -0.1) is 0 Å². The molecule has 18 heavy (non-hydrogen) atoms. The molecule has 0 aliphatic heterocycles. The molecule has 0 fully saturated rings. The third-order valence-electron chi connectivity index (χ3n) is 2.38. The van der Waals surface area contributed by atoms with E-state index in [9.17, 15) is 9.59 Å². The molecule has 0 aromatic carbocycles. The molecular formula is C13H25NO4. The maximum absolute atomic E-state index is 11.8. The molecule has 0 aliphatic rings. The molecule has 0 spiro atoms. The summed E-state index contributed by atoms with van der Waals surface area (Å²) in [4.78, 5) is 23.3. The van der Waals surface area contributed by atoms with Gasteiger partial charge in [-0.25, -0.2) is 9.59 Å². The topological polar surface area (TPSA) is 64.6 Å². The summed E-state index contributed by atoms with van der Waals surface area (Å²) in [7, 11) is 0. The van der Waals surface area contributed by atoms with Crippen molar-refractivity contribution in [1.82, 2.24) is 5.32 Å². The van der Waals surface area contributed by atoms with Crippen LogP contribution in [-0.4, -0.2) is 31.3 Å². The van der Waals surface area contributed by atoms with Crippen molar-refractivity contribution in [3.8, 4) is 0 Å². The maximum Gasteiger partial charge on any atom is 0.407 e. The van der Waals surface area contributed by atoms with Crippen molar-refractivity contribution in [3.63, 3.8) is 0 Å². The molecule has 0 radical (unpaired) electrons. The number of hydrogen-bond donors (Lipinski definition) is 1. The van der Waals surface area contributed by atoms with E-state index in [0.29, 0.717) is 6.61 Å². The van der Waals surface area contributed by atoms with E-state index in [0.717, 1.165) is 12.8 Å². The van der Waals surface area contributed by atoms with Crippen LogP contribution in [0, 0.1) is 5.41 Å². The third kappa shape index (κ3) is 6.47. The molecule has 0 aliphatic carbocycles. The number of carbonyl (C=O) groups is 2. The van der Waals surface area contributed by atoms with E-state index in [1.807, 2.05) is 27.7 Å². The van der Waals surface area contributed by atoms with Gasteiger partial charge in [0.2, 0.25) is 0 Å². The molecule has 1 atom stereocenters. The second-order valence-electron chi connectivity index (χ2n) is 5.18. The van der Waals surface area contributed by atoms with E-state index in [1.54, 1.807) is 6.92 Å². The monoisotopic (exact) mass is 259 g/mol. The lowest BCUT2D eigenvalue weighted by atomic mass is 9.87. The number of rotatable bonds is 6. The number of hydrogen-bond acceptors (Lipinski definition) is 4. The molecule has 1 amide bonds. The van der Waals surface area contributed by atoms with E-state index < -0.39 is 23.5 Å². The molecule has 0 heterocycles. The molecule has 0 bridgehead atoms. The molecule has 0 aromatic heterocycles. The number of unbranched alkanes of at least 4 members (excludes halogenated alkanes) is 1. The fourth-order valence-electron chi connectivity index (χ4n) is 1.32. The molecule has 5 nitrogen and oxygen atoms in total. The lowest BCUT2D eigenvalue weighted by molar-refractivity contribution is -0.148. The standard InChI is InChI=1S/C13H25NO4/c1-6-8-9-18-12(16)14-10(13(3,4)5)11(15)17-7-2/h10H,6-9H2,1-5H3,(H,14,16). The largest absolute Gasteiger partial charge is 0.464 e. The minimum absolute atomic E-state index is 0.290. The van der Waals surface area contributed by atoms with Gasteiger partial charge in [-0.05, 0) is 18.8 Å². The summed E-state index contributed by atoms with van der Waals surface area (Å²) in [5, 5.41) is 2.56. The minimum Gasteiger partial charge on any atom is -0.464 e. The van der Waals surface area contributed by atoms with Crippen LogP contribution < -0.4 is 5.32 Å². The number of amides is 1. The van der Waals surface area contributed by atoms with Gasteiger partial charge in [-0.1, -0.05) is 34.1 Å². The smallest absolute Gasteiger partial charge is 0.407 e. The maximum atomic E-state index is 11.8. The number of nitrogens with one attached hydrogen (secondary N) is 1. The average Bonchev–Trinajstić information content (AvgIpc) is 2.25. The van der Waals surface area contributed by atoms with Crippen LogP contribution in [0.3, 0.4) is 0 Å². The van der Waals surface area contributed by atoms with Gasteiger partial charge in [0.1, 0.15) is 6.04 Å². The van der Waals surface area contributed by atoms with E-state index in [2.05, 4.69) is 5.32 Å². The van der Waals surface area contributed by atoms with Gasteiger partial charge in [0, 0.05) is 0 Å². The molecule has 0 aromatic rings. The molecule has 0 rings (SSSR count). The van der Waals surface area contributed by atoms with Crippen LogP contribution in [0.5, 0.6) is 0 Å². The number of carbonyl (C=O) groups excluding carboxylic acids is 2. The van der Waals surface area contributed by atoms with Crippen LogP contribution in [0.25, 0.3) is 0 Å². The van der Waals surface area contributed by atoms with Crippen molar-refractivity contribution in [2.45, 2.75) is 53.5 Å². The van der Waals surface area contributed by atoms with Crippen LogP contribution in [0.1, 0.15) is 47.5 Å². The lowest BCUT2D eigenvalue weighted by Gasteiger charge is -2.28. The van der Waals surface area contributed by atoms with Crippen molar-refractivity contribution in [2.24, 2.45) is 5.41 Å². The average molecular weight is 259 g/mol. The second-order valence-corrected chi connectivity index (χ2v) is 5.18. The van der Waals surface area contributed by atoms with E-state index in [4.69, 9.17) is 9.47 Å². The van der Waals surface area contributed by atoms with Crippen molar-refractivity contribution in [3.05, 3.63) is 0 Å². The Morgan fingerprint density at radius 1 is 1.17 bits per heavy atom. The van der Waals surface area contributed by atoms with Gasteiger partial charge in [0.15, 0.2) is 0 Å². The highest BCUT2D eigenvalue weighted by Crippen LogP contribution is 2.20. The highest BCUT2D eigenvalue weighted by atomic mass is 16.6. The summed E-state index contributed by atoms with van der Waals surface area (Å²) in [6, 6.07) is -0.702. The number of alkyl carbamates (subject to hydrolysis) is 1. The SMILES string of the molecule is CCCCOC(=O)NC(C(=O)OCC)C(C)(C)C. The highest BCUT2D eigenvalue weighted by molar-refractivity contribution is 5.82. The first kappa shape index (κ1) is 16.7. The Morgan fingerprint density at radius 3 is 2.22 bits per heavy atom. The van der Waals surface area contributed by atoms with Gasteiger partial charge in [-0.3, -0.25) is 0 Å². The van der Waals surface area contributed by atoms with Crippen LogP contribution in [0.4, 0.5) is 4.79 Å². The predicted molar refractivity (Wildman–Crippen MR) is 69.3 cm³/mol. The van der Waals surface area contributed by atoms with Crippen LogP contribution >= 0.6 is 0 Å². The molecular weight excluding hydrogens is 234 g/mol. The van der Waals surface area contributed by atoms with E-state index >= 15 is 0 Å². The zero-order chi connectivity index (χ0) is 14.2. The molecule has 0 saturated carbocycles. The van der Waals surface area contributed by atoms with Gasteiger partial charge >= 0.3 is 12.1 Å². The minimum atomic E-state index is -0.702. The summed E-state index contributed by atoms with van der Waals surface area (Å²) in [5.41, 5.74) is -0.421. The molecule has 0 saturated heterocycles. The summed E-state index contributed by atoms with van der Waals surface area (Å²) < 4.78 is 9.93. The Morgan fingerprint density at radius 2 is 1.78 bits per heavy atom. The Bertz CT molecular complexity index is 271.